The smallest absolute Gasteiger partial charge is 0.259 e. The molecule has 1 aliphatic rings. The van der Waals surface area contributed by atoms with Gasteiger partial charge in [0.1, 0.15) is 17.2 Å². The van der Waals surface area contributed by atoms with Crippen molar-refractivity contribution in [1.29, 1.82) is 0 Å². The molecule has 1 aliphatic heterocycles. The van der Waals surface area contributed by atoms with Crippen LogP contribution in [0, 0.1) is 11.6 Å². The van der Waals surface area contributed by atoms with Crippen LogP contribution >= 0.6 is 0 Å². The maximum Gasteiger partial charge on any atom is 0.259 e. The van der Waals surface area contributed by atoms with Gasteiger partial charge in [0.25, 0.3) is 5.91 Å². The highest BCUT2D eigenvalue weighted by Gasteiger charge is 2.27. The number of aliphatic hydroxyl groups is 1. The summed E-state index contributed by atoms with van der Waals surface area (Å²) in [7, 11) is 0. The minimum atomic E-state index is -0.832. The Labute approximate surface area is 122 Å². The number of benzene rings is 1. The van der Waals surface area contributed by atoms with Crippen LogP contribution in [-0.4, -0.2) is 48.3 Å². The third kappa shape index (κ3) is 3.98. The summed E-state index contributed by atoms with van der Waals surface area (Å²) in [5.74, 6) is -2.28. The number of carbonyl (C=O) groups is 1. The summed E-state index contributed by atoms with van der Waals surface area (Å²) in [4.78, 5) is 13.6. The molecule has 1 saturated heterocycles. The predicted molar refractivity (Wildman–Crippen MR) is 72.9 cm³/mol. The summed E-state index contributed by atoms with van der Waals surface area (Å²) in [5, 5.41) is 8.68. The summed E-state index contributed by atoms with van der Waals surface area (Å²) in [6.45, 7) is 1.40. The third-order valence-corrected chi connectivity index (χ3v) is 3.56. The number of hydrogen-bond acceptors (Lipinski definition) is 3. The number of rotatable bonds is 5. The first kappa shape index (κ1) is 15.9. The fraction of sp³-hybridized carbons (Fsp3) is 0.533. The molecule has 1 heterocycles. The standard InChI is InChI=1S/C15H19F2NO3/c16-12-3-1-4-13(17)14(12)15(20)18-7-5-11(6-8-18)21-10-2-9-19/h1,3-4,11,19H,2,5-10H2. The number of likely N-dealkylation sites (tertiary alicyclic amines) is 1. The number of halogens is 2. The van der Waals surface area contributed by atoms with Gasteiger partial charge in [0, 0.05) is 26.3 Å². The lowest BCUT2D eigenvalue weighted by molar-refractivity contribution is 0.00378. The van der Waals surface area contributed by atoms with Crippen molar-refractivity contribution in [2.75, 3.05) is 26.3 Å². The average molecular weight is 299 g/mol. The van der Waals surface area contributed by atoms with Gasteiger partial charge in [-0.15, -0.1) is 0 Å². The molecule has 0 aromatic heterocycles. The Hall–Kier alpha value is -1.53. The molecular formula is C15H19F2NO3. The molecule has 0 radical (unpaired) electrons. The first-order valence-corrected chi connectivity index (χ1v) is 7.09. The van der Waals surface area contributed by atoms with E-state index in [-0.39, 0.29) is 12.7 Å². The largest absolute Gasteiger partial charge is 0.396 e. The van der Waals surface area contributed by atoms with Gasteiger partial charge in [0.05, 0.1) is 6.10 Å². The van der Waals surface area contributed by atoms with Crippen molar-refractivity contribution < 1.29 is 23.4 Å². The summed E-state index contributed by atoms with van der Waals surface area (Å²) in [5.41, 5.74) is -0.489. The topological polar surface area (TPSA) is 49.8 Å². The summed E-state index contributed by atoms with van der Waals surface area (Å²) in [6.07, 6.45) is 1.88. The summed E-state index contributed by atoms with van der Waals surface area (Å²) < 4.78 is 32.8. The van der Waals surface area contributed by atoms with Gasteiger partial charge in [-0.05, 0) is 31.4 Å². The number of hydrogen-bond donors (Lipinski definition) is 1. The molecule has 4 nitrogen and oxygen atoms in total. The zero-order valence-electron chi connectivity index (χ0n) is 11.7. The van der Waals surface area contributed by atoms with Crippen LogP contribution in [0.5, 0.6) is 0 Å². The zero-order chi connectivity index (χ0) is 15.2. The van der Waals surface area contributed by atoms with Gasteiger partial charge >= 0.3 is 0 Å². The Morgan fingerprint density at radius 3 is 2.48 bits per heavy atom. The van der Waals surface area contributed by atoms with Crippen molar-refractivity contribution >= 4 is 5.91 Å². The monoisotopic (exact) mass is 299 g/mol. The molecule has 0 unspecified atom stereocenters. The van der Waals surface area contributed by atoms with Crippen LogP contribution in [0.1, 0.15) is 29.6 Å². The Kier molecular flexibility index (Phi) is 5.64. The molecule has 0 aliphatic carbocycles. The lowest BCUT2D eigenvalue weighted by Gasteiger charge is -2.32. The van der Waals surface area contributed by atoms with E-state index in [1.807, 2.05) is 0 Å². The summed E-state index contributed by atoms with van der Waals surface area (Å²) >= 11 is 0. The first-order valence-electron chi connectivity index (χ1n) is 7.09. The fourth-order valence-corrected chi connectivity index (χ4v) is 2.40. The van der Waals surface area contributed by atoms with Crippen LogP contribution in [0.3, 0.4) is 0 Å². The zero-order valence-corrected chi connectivity index (χ0v) is 11.7. The molecule has 0 spiro atoms. The van der Waals surface area contributed by atoms with E-state index in [0.29, 0.717) is 39.0 Å². The molecule has 1 aromatic carbocycles. The van der Waals surface area contributed by atoms with E-state index in [9.17, 15) is 13.6 Å². The third-order valence-electron chi connectivity index (χ3n) is 3.56. The number of ether oxygens (including phenoxy) is 1. The van der Waals surface area contributed by atoms with Crippen LogP contribution < -0.4 is 0 Å². The molecule has 2 rings (SSSR count). The van der Waals surface area contributed by atoms with Gasteiger partial charge in [-0.2, -0.15) is 0 Å². The van der Waals surface area contributed by atoms with Crippen LogP contribution in [0.15, 0.2) is 18.2 Å². The molecule has 0 atom stereocenters. The van der Waals surface area contributed by atoms with E-state index < -0.39 is 23.1 Å². The van der Waals surface area contributed by atoms with Gasteiger partial charge in [0.15, 0.2) is 0 Å². The van der Waals surface area contributed by atoms with E-state index in [2.05, 4.69) is 0 Å². The van der Waals surface area contributed by atoms with Gasteiger partial charge < -0.3 is 14.7 Å². The molecule has 0 bridgehead atoms. The Morgan fingerprint density at radius 1 is 1.29 bits per heavy atom. The summed E-state index contributed by atoms with van der Waals surface area (Å²) in [6, 6.07) is 3.41. The lowest BCUT2D eigenvalue weighted by Crippen LogP contribution is -2.41. The molecule has 6 heteroatoms. The first-order chi connectivity index (χ1) is 10.1. The highest BCUT2D eigenvalue weighted by molar-refractivity contribution is 5.94. The van der Waals surface area contributed by atoms with Crippen molar-refractivity contribution in [1.82, 2.24) is 4.90 Å². The second kappa shape index (κ2) is 7.47. The van der Waals surface area contributed by atoms with E-state index in [4.69, 9.17) is 9.84 Å². The minimum absolute atomic E-state index is 0.0334. The van der Waals surface area contributed by atoms with Crippen molar-refractivity contribution in [3.05, 3.63) is 35.4 Å². The van der Waals surface area contributed by atoms with E-state index in [0.717, 1.165) is 12.1 Å². The number of nitrogens with zero attached hydrogens (tertiary/aromatic N) is 1. The fourth-order valence-electron chi connectivity index (χ4n) is 2.40. The maximum absolute atomic E-state index is 13.6. The van der Waals surface area contributed by atoms with Crippen LogP contribution in [0.25, 0.3) is 0 Å². The molecule has 116 valence electrons. The number of carbonyl (C=O) groups excluding carboxylic acids is 1. The molecule has 21 heavy (non-hydrogen) atoms. The average Bonchev–Trinajstić information content (AvgIpc) is 2.48. The second-order valence-corrected chi connectivity index (χ2v) is 5.04. The van der Waals surface area contributed by atoms with Crippen molar-refractivity contribution in [2.45, 2.75) is 25.4 Å². The molecule has 0 saturated carbocycles. The minimum Gasteiger partial charge on any atom is -0.396 e. The molecule has 1 aromatic rings. The van der Waals surface area contributed by atoms with Gasteiger partial charge in [0.2, 0.25) is 0 Å². The van der Waals surface area contributed by atoms with Crippen LogP contribution in [0.4, 0.5) is 8.78 Å². The highest BCUT2D eigenvalue weighted by Crippen LogP contribution is 2.19. The highest BCUT2D eigenvalue weighted by atomic mass is 19.1. The predicted octanol–water partition coefficient (Wildman–Crippen LogP) is 1.97. The van der Waals surface area contributed by atoms with Gasteiger partial charge in [-0.1, -0.05) is 6.07 Å². The van der Waals surface area contributed by atoms with Crippen molar-refractivity contribution in [3.8, 4) is 0 Å². The van der Waals surface area contributed by atoms with Crippen LogP contribution in [0.2, 0.25) is 0 Å². The molecule has 1 amide bonds. The Balaban J connectivity index is 1.91. The van der Waals surface area contributed by atoms with E-state index in [1.54, 1.807) is 0 Å². The number of amides is 1. The van der Waals surface area contributed by atoms with Crippen molar-refractivity contribution in [2.24, 2.45) is 0 Å². The Morgan fingerprint density at radius 2 is 1.90 bits per heavy atom. The maximum atomic E-state index is 13.6. The number of piperidine rings is 1. The van der Waals surface area contributed by atoms with Gasteiger partial charge in [-0.3, -0.25) is 4.79 Å². The molecule has 1 N–H and O–H groups in total. The van der Waals surface area contributed by atoms with E-state index >= 15 is 0 Å². The quantitative estimate of drug-likeness (QED) is 0.846. The van der Waals surface area contributed by atoms with Crippen LogP contribution in [-0.2, 0) is 4.74 Å². The molecule has 1 fully saturated rings. The van der Waals surface area contributed by atoms with Gasteiger partial charge in [-0.25, -0.2) is 8.78 Å². The van der Waals surface area contributed by atoms with Crippen molar-refractivity contribution in [3.63, 3.8) is 0 Å². The van der Waals surface area contributed by atoms with E-state index in [1.165, 1.54) is 11.0 Å². The SMILES string of the molecule is O=C(c1c(F)cccc1F)N1CCC(OCCCO)CC1. The second-order valence-electron chi connectivity index (χ2n) is 5.04. The Bertz CT molecular complexity index is 468. The lowest BCUT2D eigenvalue weighted by atomic mass is 10.1. The number of aliphatic hydroxyl groups excluding tert-OH is 1. The normalized spacial score (nSPS) is 16.2. The molecular weight excluding hydrogens is 280 g/mol.